The number of aromatic nitrogens is 4. The van der Waals surface area contributed by atoms with Crippen LogP contribution in [-0.4, -0.2) is 32.6 Å². The van der Waals surface area contributed by atoms with Crippen LogP contribution in [0.2, 0.25) is 0 Å². The summed E-state index contributed by atoms with van der Waals surface area (Å²) in [4.78, 5) is 23.1. The third kappa shape index (κ3) is 3.88. The van der Waals surface area contributed by atoms with Gasteiger partial charge in [-0.2, -0.15) is 0 Å². The van der Waals surface area contributed by atoms with Gasteiger partial charge in [0.05, 0.1) is 11.3 Å². The molecule has 0 fully saturated rings. The normalized spacial score (nSPS) is 10.7. The van der Waals surface area contributed by atoms with Gasteiger partial charge in [-0.05, 0) is 50.9 Å². The first-order chi connectivity index (χ1) is 15.5. The van der Waals surface area contributed by atoms with E-state index in [1.54, 1.807) is 60.7 Å². The van der Waals surface area contributed by atoms with Crippen molar-refractivity contribution < 1.29 is 14.0 Å². The molecule has 9 nitrogen and oxygen atoms in total. The van der Waals surface area contributed by atoms with Gasteiger partial charge in [0.1, 0.15) is 6.67 Å². The van der Waals surface area contributed by atoms with E-state index in [1.165, 1.54) is 0 Å². The summed E-state index contributed by atoms with van der Waals surface area (Å²) in [6.07, 6.45) is 0. The number of primary amides is 2. The van der Waals surface area contributed by atoms with Crippen LogP contribution in [0.25, 0.3) is 33.6 Å². The Balaban J connectivity index is 2.07. The van der Waals surface area contributed by atoms with E-state index in [2.05, 4.69) is 25.9 Å². The van der Waals surface area contributed by atoms with Crippen molar-refractivity contribution in [1.82, 2.24) is 20.6 Å². The Kier molecular flexibility index (Phi) is 5.58. The van der Waals surface area contributed by atoms with Crippen molar-refractivity contribution in [3.63, 3.8) is 0 Å². The van der Waals surface area contributed by atoms with Gasteiger partial charge in [-0.25, -0.2) is 14.3 Å². The Bertz CT molecular complexity index is 1290. The maximum atomic E-state index is 13.9. The lowest BCUT2D eigenvalue weighted by molar-refractivity contribution is 0.100. The number of amides is 3. The molecule has 4 rings (SSSR count). The summed E-state index contributed by atoms with van der Waals surface area (Å²) in [5, 5.41) is 16.6. The molecule has 10 heteroatoms. The van der Waals surface area contributed by atoms with E-state index in [0.717, 1.165) is 5.56 Å². The average Bonchev–Trinajstić information content (AvgIpc) is 3.33. The van der Waals surface area contributed by atoms with Crippen LogP contribution in [0.15, 0.2) is 60.7 Å². The Morgan fingerprint density at radius 3 is 2.31 bits per heavy atom. The lowest BCUT2D eigenvalue weighted by Gasteiger charge is -2.19. The van der Waals surface area contributed by atoms with Crippen LogP contribution >= 0.6 is 0 Å². The number of nitrogens with two attached hydrogens (primary N) is 2. The molecule has 4 aromatic rings. The summed E-state index contributed by atoms with van der Waals surface area (Å²) in [5.74, 6) is -0.290. The smallest absolute Gasteiger partial charge is 0.316 e. The summed E-state index contributed by atoms with van der Waals surface area (Å²) >= 11 is 0. The SMILES string of the molecule is NC(=O)Nc1ccc(-c2ccc(C(N)=O)cc2)c(-c2ccccc2CF)c1-c1nnn[nH]1. The molecule has 0 atom stereocenters. The highest BCUT2D eigenvalue weighted by molar-refractivity contribution is 6.03. The highest BCUT2D eigenvalue weighted by atomic mass is 19.1. The van der Waals surface area contributed by atoms with Gasteiger partial charge in [-0.15, -0.1) is 5.10 Å². The Hall–Kier alpha value is -4.60. The van der Waals surface area contributed by atoms with Crippen LogP contribution in [0.5, 0.6) is 0 Å². The number of carbonyl (C=O) groups is 2. The maximum Gasteiger partial charge on any atom is 0.316 e. The molecule has 0 aliphatic carbocycles. The molecule has 3 aromatic carbocycles. The first kappa shape index (κ1) is 20.7. The van der Waals surface area contributed by atoms with Crippen molar-refractivity contribution in [2.45, 2.75) is 6.67 Å². The predicted octanol–water partition coefficient (Wildman–Crippen LogP) is 3.26. The molecule has 160 valence electrons. The quantitative estimate of drug-likeness (QED) is 0.369. The van der Waals surface area contributed by atoms with Gasteiger partial charge in [-0.1, -0.05) is 42.5 Å². The van der Waals surface area contributed by atoms with Gasteiger partial charge in [0.15, 0.2) is 5.82 Å². The fraction of sp³-hybridized carbons (Fsp3) is 0.0455. The Morgan fingerprint density at radius 2 is 1.69 bits per heavy atom. The number of aromatic amines is 1. The van der Waals surface area contributed by atoms with Gasteiger partial charge in [0.2, 0.25) is 5.91 Å². The number of carbonyl (C=O) groups excluding carboxylic acids is 2. The van der Waals surface area contributed by atoms with Crippen LogP contribution in [0, 0.1) is 0 Å². The minimum atomic E-state index is -0.776. The van der Waals surface area contributed by atoms with Gasteiger partial charge >= 0.3 is 6.03 Å². The van der Waals surface area contributed by atoms with Crippen molar-refractivity contribution in [2.75, 3.05) is 5.32 Å². The van der Waals surface area contributed by atoms with Crippen LogP contribution in [0.4, 0.5) is 14.9 Å². The second-order valence-corrected chi connectivity index (χ2v) is 6.88. The number of halogens is 1. The molecule has 0 spiro atoms. The zero-order chi connectivity index (χ0) is 22.7. The number of rotatable bonds is 6. The fourth-order valence-corrected chi connectivity index (χ4v) is 3.57. The standard InChI is InChI=1S/C22H18FN7O2/c23-11-14-3-1-2-4-15(14)18-16(12-5-7-13(8-6-12)20(24)31)9-10-17(26-22(25)32)19(18)21-27-29-30-28-21/h1-10H,11H2,(H2,24,31)(H3,25,26,32)(H,27,28,29,30). The summed E-state index contributed by atoms with van der Waals surface area (Å²) < 4.78 is 13.9. The molecular formula is C22H18FN7O2. The molecule has 0 aliphatic rings. The van der Waals surface area contributed by atoms with E-state index in [0.29, 0.717) is 39.1 Å². The molecule has 1 aromatic heterocycles. The molecule has 0 unspecified atom stereocenters. The van der Waals surface area contributed by atoms with Crippen LogP contribution < -0.4 is 16.8 Å². The molecule has 0 saturated heterocycles. The molecular weight excluding hydrogens is 413 g/mol. The minimum absolute atomic E-state index is 0.257. The molecule has 6 N–H and O–H groups in total. The lowest BCUT2D eigenvalue weighted by atomic mass is 9.87. The van der Waals surface area contributed by atoms with Gasteiger partial charge < -0.3 is 16.8 Å². The van der Waals surface area contributed by atoms with Crippen LogP contribution in [0.1, 0.15) is 15.9 Å². The predicted molar refractivity (Wildman–Crippen MR) is 117 cm³/mol. The maximum absolute atomic E-state index is 13.9. The van der Waals surface area contributed by atoms with Crippen molar-refractivity contribution >= 4 is 17.6 Å². The molecule has 1 heterocycles. The third-order valence-electron chi connectivity index (χ3n) is 4.96. The molecule has 32 heavy (non-hydrogen) atoms. The second kappa shape index (κ2) is 8.64. The van der Waals surface area contributed by atoms with E-state index >= 15 is 0 Å². The summed E-state index contributed by atoms with van der Waals surface area (Å²) in [6, 6.07) is 16.3. The van der Waals surface area contributed by atoms with E-state index in [-0.39, 0.29) is 5.82 Å². The first-order valence-corrected chi connectivity index (χ1v) is 9.51. The van der Waals surface area contributed by atoms with Gasteiger partial charge in [0, 0.05) is 11.1 Å². The number of nitrogens with zero attached hydrogens (tertiary/aromatic N) is 3. The largest absolute Gasteiger partial charge is 0.366 e. The van der Waals surface area contributed by atoms with Crippen molar-refractivity contribution in [2.24, 2.45) is 11.5 Å². The molecule has 0 saturated carbocycles. The molecule has 0 aliphatic heterocycles. The van der Waals surface area contributed by atoms with Crippen molar-refractivity contribution in [3.8, 4) is 33.6 Å². The zero-order valence-corrected chi connectivity index (χ0v) is 16.7. The van der Waals surface area contributed by atoms with Crippen molar-refractivity contribution in [3.05, 3.63) is 71.8 Å². The number of alkyl halides is 1. The third-order valence-corrected chi connectivity index (χ3v) is 4.96. The number of hydrogen-bond acceptors (Lipinski definition) is 5. The number of anilines is 1. The number of nitrogens with one attached hydrogen (secondary N) is 2. The molecule has 3 amide bonds. The number of H-pyrrole nitrogens is 1. The van der Waals surface area contributed by atoms with E-state index in [1.807, 2.05) is 0 Å². The zero-order valence-electron chi connectivity index (χ0n) is 16.7. The Morgan fingerprint density at radius 1 is 0.938 bits per heavy atom. The second-order valence-electron chi connectivity index (χ2n) is 6.88. The highest BCUT2D eigenvalue weighted by Gasteiger charge is 2.23. The van der Waals surface area contributed by atoms with Gasteiger partial charge in [-0.3, -0.25) is 4.79 Å². The van der Waals surface area contributed by atoms with E-state index in [4.69, 9.17) is 11.5 Å². The monoisotopic (exact) mass is 431 g/mol. The highest BCUT2D eigenvalue weighted by Crippen LogP contribution is 2.44. The number of tetrazole rings is 1. The number of urea groups is 1. The average molecular weight is 431 g/mol. The van der Waals surface area contributed by atoms with Crippen LogP contribution in [-0.2, 0) is 6.67 Å². The lowest BCUT2D eigenvalue weighted by Crippen LogP contribution is -2.20. The Labute approximate surface area is 181 Å². The van der Waals surface area contributed by atoms with E-state index < -0.39 is 18.6 Å². The van der Waals surface area contributed by atoms with Crippen molar-refractivity contribution in [1.29, 1.82) is 0 Å². The van der Waals surface area contributed by atoms with Crippen LogP contribution in [0.3, 0.4) is 0 Å². The van der Waals surface area contributed by atoms with E-state index in [9.17, 15) is 14.0 Å². The molecule has 0 radical (unpaired) electrons. The summed E-state index contributed by atoms with van der Waals surface area (Å²) in [5.41, 5.74) is 14.9. The van der Waals surface area contributed by atoms with Gasteiger partial charge in [0.25, 0.3) is 0 Å². The summed E-state index contributed by atoms with van der Waals surface area (Å²) in [6.45, 7) is -0.711. The summed E-state index contributed by atoms with van der Waals surface area (Å²) in [7, 11) is 0. The minimum Gasteiger partial charge on any atom is -0.366 e. The first-order valence-electron chi connectivity index (χ1n) is 9.51. The fourth-order valence-electron chi connectivity index (χ4n) is 3.57. The topological polar surface area (TPSA) is 153 Å². The molecule has 0 bridgehead atoms. The number of hydrogen-bond donors (Lipinski definition) is 4. The number of benzene rings is 3.